The second-order valence-corrected chi connectivity index (χ2v) is 10.8. The first kappa shape index (κ1) is 22.3. The number of rotatable bonds is 7. The molecule has 29 heavy (non-hydrogen) atoms. The van der Waals surface area contributed by atoms with Crippen LogP contribution >= 0.6 is 11.6 Å². The monoisotopic (exact) mass is 412 g/mol. The number of pyridine rings is 2. The lowest BCUT2D eigenvalue weighted by molar-refractivity contribution is 0.495. The summed E-state index contributed by atoms with van der Waals surface area (Å²) < 4.78 is 0. The molecule has 1 aliphatic carbocycles. The summed E-state index contributed by atoms with van der Waals surface area (Å²) in [7, 11) is 0. The summed E-state index contributed by atoms with van der Waals surface area (Å²) in [4.78, 5) is 9.92. The van der Waals surface area contributed by atoms with Crippen molar-refractivity contribution < 1.29 is 0 Å². The first-order valence-electron chi connectivity index (χ1n) is 11.2. The second kappa shape index (κ2) is 8.38. The fraction of sp³-hybridized carbons (Fsp3) is 0.615. The molecule has 158 valence electrons. The summed E-state index contributed by atoms with van der Waals surface area (Å²) in [6.07, 6.45) is 3.44. The van der Waals surface area contributed by atoms with Crippen LogP contribution in [0, 0.1) is 0 Å². The minimum atomic E-state index is -0.0459. The quantitative estimate of drug-likeness (QED) is 0.432. The van der Waals surface area contributed by atoms with E-state index in [2.05, 4.69) is 73.6 Å². The molecule has 0 aromatic carbocycles. The summed E-state index contributed by atoms with van der Waals surface area (Å²) in [5.74, 6) is 1.92. The first-order chi connectivity index (χ1) is 13.5. The maximum absolute atomic E-state index is 6.43. The average molecular weight is 413 g/mol. The van der Waals surface area contributed by atoms with Crippen LogP contribution in [0.2, 0.25) is 5.15 Å². The minimum absolute atomic E-state index is 0.0459. The van der Waals surface area contributed by atoms with Crippen molar-refractivity contribution >= 4 is 11.6 Å². The molecule has 1 saturated carbocycles. The molecule has 0 radical (unpaired) electrons. The van der Waals surface area contributed by atoms with Gasteiger partial charge in [0, 0.05) is 17.1 Å². The van der Waals surface area contributed by atoms with E-state index in [9.17, 15) is 0 Å². The van der Waals surface area contributed by atoms with Gasteiger partial charge >= 0.3 is 0 Å². The average Bonchev–Trinajstić information content (AvgIpc) is 3.45. The molecule has 0 amide bonds. The normalized spacial score (nSPS) is 15.0. The fourth-order valence-electron chi connectivity index (χ4n) is 4.54. The van der Waals surface area contributed by atoms with Crippen LogP contribution in [-0.2, 0) is 11.8 Å². The number of hydrogen-bond acceptors (Lipinski definition) is 2. The van der Waals surface area contributed by atoms with Gasteiger partial charge in [-0.3, -0.25) is 4.98 Å². The largest absolute Gasteiger partial charge is 0.257 e. The third-order valence-electron chi connectivity index (χ3n) is 6.09. The molecule has 0 saturated heterocycles. The van der Waals surface area contributed by atoms with Gasteiger partial charge < -0.3 is 0 Å². The zero-order valence-electron chi connectivity index (χ0n) is 19.4. The van der Waals surface area contributed by atoms with Crippen molar-refractivity contribution in [2.24, 2.45) is 0 Å². The van der Waals surface area contributed by atoms with Crippen molar-refractivity contribution in [3.8, 4) is 0 Å². The predicted octanol–water partition coefficient (Wildman–Crippen LogP) is 7.90. The maximum Gasteiger partial charge on any atom is 0.129 e. The van der Waals surface area contributed by atoms with Crippen LogP contribution in [-0.4, -0.2) is 9.97 Å². The van der Waals surface area contributed by atoms with E-state index in [1.165, 1.54) is 40.9 Å². The van der Waals surface area contributed by atoms with Gasteiger partial charge in [0.05, 0.1) is 0 Å². The van der Waals surface area contributed by atoms with Crippen molar-refractivity contribution in [1.29, 1.82) is 0 Å². The molecular weight excluding hydrogens is 376 g/mol. The van der Waals surface area contributed by atoms with Crippen LogP contribution in [0.15, 0.2) is 18.2 Å². The molecule has 3 heteroatoms. The third kappa shape index (κ3) is 4.85. The zero-order valence-corrected chi connectivity index (χ0v) is 20.2. The summed E-state index contributed by atoms with van der Waals surface area (Å²) in [6, 6.07) is 6.65. The molecule has 0 atom stereocenters. The molecule has 2 aromatic rings. The maximum atomic E-state index is 6.43. The van der Waals surface area contributed by atoms with Crippen LogP contribution in [0.25, 0.3) is 0 Å². The minimum Gasteiger partial charge on any atom is -0.257 e. The fourth-order valence-corrected chi connectivity index (χ4v) is 4.75. The highest BCUT2D eigenvalue weighted by Crippen LogP contribution is 2.47. The third-order valence-corrected chi connectivity index (χ3v) is 6.29. The lowest BCUT2D eigenvalue weighted by Crippen LogP contribution is -2.26. The molecule has 0 aliphatic heterocycles. The van der Waals surface area contributed by atoms with Crippen molar-refractivity contribution in [2.75, 3.05) is 0 Å². The number of nitrogens with zero attached hydrogens (tertiary/aromatic N) is 2. The number of hydrogen-bond donors (Lipinski definition) is 0. The predicted molar refractivity (Wildman–Crippen MR) is 124 cm³/mol. The summed E-state index contributed by atoms with van der Waals surface area (Å²) >= 11 is 6.43. The highest BCUT2D eigenvalue weighted by atomic mass is 35.5. The van der Waals surface area contributed by atoms with Crippen molar-refractivity contribution in [2.45, 2.75) is 104 Å². The van der Waals surface area contributed by atoms with Crippen LogP contribution in [0.5, 0.6) is 0 Å². The molecule has 2 nitrogen and oxygen atoms in total. The van der Waals surface area contributed by atoms with Crippen molar-refractivity contribution in [1.82, 2.24) is 9.97 Å². The van der Waals surface area contributed by atoms with Crippen LogP contribution in [0.4, 0.5) is 0 Å². The van der Waals surface area contributed by atoms with Gasteiger partial charge in [-0.05, 0) is 77.2 Å². The Balaban J connectivity index is 2.05. The second-order valence-electron chi connectivity index (χ2n) is 10.4. The summed E-state index contributed by atoms with van der Waals surface area (Å²) in [5, 5.41) is 0.636. The molecule has 2 heterocycles. The van der Waals surface area contributed by atoms with E-state index < -0.39 is 0 Å². The van der Waals surface area contributed by atoms with Gasteiger partial charge in [-0.25, -0.2) is 4.98 Å². The van der Waals surface area contributed by atoms with E-state index in [0.29, 0.717) is 28.8 Å². The number of aromatic nitrogens is 2. The molecule has 1 fully saturated rings. The van der Waals surface area contributed by atoms with E-state index in [4.69, 9.17) is 21.6 Å². The van der Waals surface area contributed by atoms with E-state index in [-0.39, 0.29) is 5.41 Å². The van der Waals surface area contributed by atoms with Gasteiger partial charge in [0.25, 0.3) is 0 Å². The van der Waals surface area contributed by atoms with E-state index in [0.717, 1.165) is 12.1 Å². The number of halogens is 1. The molecular formula is C26H37ClN2. The zero-order chi connectivity index (χ0) is 21.5. The SMILES string of the molecule is CC(C)c1ccc(CC(C)(C)c2c(C3CC3)cc(Cl)nc2C(C)C)nc1C(C)C. The van der Waals surface area contributed by atoms with Gasteiger partial charge in [-0.1, -0.05) is 73.1 Å². The Kier molecular flexibility index (Phi) is 6.44. The topological polar surface area (TPSA) is 25.8 Å². The summed E-state index contributed by atoms with van der Waals surface area (Å²) in [6.45, 7) is 18.1. The Morgan fingerprint density at radius 1 is 0.931 bits per heavy atom. The van der Waals surface area contributed by atoms with Gasteiger partial charge in [0.1, 0.15) is 5.15 Å². The van der Waals surface area contributed by atoms with Crippen molar-refractivity contribution in [3.63, 3.8) is 0 Å². The standard InChI is InChI=1S/C26H37ClN2/c1-15(2)20-12-11-19(28-24(20)16(3)4)14-26(7,8)23-21(18-9-10-18)13-22(27)29-25(23)17(5)6/h11-13,15-18H,9-10,14H2,1-8H3. The smallest absolute Gasteiger partial charge is 0.129 e. The molecule has 1 aliphatic rings. The van der Waals surface area contributed by atoms with Gasteiger partial charge in [-0.2, -0.15) is 0 Å². The molecule has 0 N–H and O–H groups in total. The highest BCUT2D eigenvalue weighted by Gasteiger charge is 2.36. The molecule has 0 unspecified atom stereocenters. The Hall–Kier alpha value is -1.41. The first-order valence-corrected chi connectivity index (χ1v) is 11.6. The Labute approximate surface area is 182 Å². The van der Waals surface area contributed by atoms with Crippen LogP contribution in [0.1, 0.15) is 126 Å². The molecule has 2 aromatic heterocycles. The van der Waals surface area contributed by atoms with Gasteiger partial charge in [0.15, 0.2) is 0 Å². The highest BCUT2D eigenvalue weighted by molar-refractivity contribution is 6.29. The molecule has 0 bridgehead atoms. The van der Waals surface area contributed by atoms with Crippen LogP contribution in [0.3, 0.4) is 0 Å². The lowest BCUT2D eigenvalue weighted by Gasteiger charge is -2.31. The molecule has 0 spiro atoms. The Morgan fingerprint density at radius 3 is 2.07 bits per heavy atom. The van der Waals surface area contributed by atoms with Gasteiger partial charge in [-0.15, -0.1) is 0 Å². The lowest BCUT2D eigenvalue weighted by atomic mass is 9.74. The van der Waals surface area contributed by atoms with E-state index in [1.807, 2.05) is 0 Å². The van der Waals surface area contributed by atoms with Crippen LogP contribution < -0.4 is 0 Å². The van der Waals surface area contributed by atoms with E-state index >= 15 is 0 Å². The van der Waals surface area contributed by atoms with Crippen molar-refractivity contribution in [3.05, 3.63) is 57.1 Å². The Bertz CT molecular complexity index is 853. The van der Waals surface area contributed by atoms with Gasteiger partial charge in [0.2, 0.25) is 0 Å². The Morgan fingerprint density at radius 2 is 1.55 bits per heavy atom. The summed E-state index contributed by atoms with van der Waals surface area (Å²) in [5.41, 5.74) is 7.73. The van der Waals surface area contributed by atoms with E-state index in [1.54, 1.807) is 0 Å². The molecule has 3 rings (SSSR count).